The number of aliphatic hydroxyl groups excluding tert-OH is 1. The third kappa shape index (κ3) is 5.28. The van der Waals surface area contributed by atoms with E-state index >= 15 is 0 Å². The second kappa shape index (κ2) is 10.5. The Morgan fingerprint density at radius 2 is 1.76 bits per heavy atom. The van der Waals surface area contributed by atoms with E-state index in [9.17, 15) is 18.7 Å². The highest BCUT2D eigenvalue weighted by Crippen LogP contribution is 2.26. The van der Waals surface area contributed by atoms with Gasteiger partial charge in [-0.2, -0.15) is 0 Å². The van der Waals surface area contributed by atoms with Gasteiger partial charge in [0.1, 0.15) is 25.1 Å². The minimum atomic E-state index is -4.17. The minimum absolute atomic E-state index is 0.0132. The lowest BCUT2D eigenvalue weighted by Crippen LogP contribution is -2.34. The molecule has 34 heavy (non-hydrogen) atoms. The van der Waals surface area contributed by atoms with E-state index in [1.807, 2.05) is 42.5 Å². The van der Waals surface area contributed by atoms with Crippen molar-refractivity contribution < 1.29 is 32.5 Å². The van der Waals surface area contributed by atoms with Gasteiger partial charge in [-0.05, 0) is 28.5 Å². The summed E-state index contributed by atoms with van der Waals surface area (Å²) in [5, 5.41) is 29.7. The Bertz CT molecular complexity index is 1340. The van der Waals surface area contributed by atoms with Gasteiger partial charge < -0.3 is 25.1 Å². The van der Waals surface area contributed by atoms with E-state index in [0.29, 0.717) is 5.75 Å². The maximum absolute atomic E-state index is 12.7. The molecule has 1 atom stereocenters. The zero-order valence-electron chi connectivity index (χ0n) is 18.0. The molecule has 2 N–H and O–H groups in total. The number of sulfone groups is 1. The summed E-state index contributed by atoms with van der Waals surface area (Å²) in [6, 6.07) is 21.0. The molecule has 0 saturated heterocycles. The van der Waals surface area contributed by atoms with Crippen LogP contribution in [0.2, 0.25) is 0 Å². The van der Waals surface area contributed by atoms with Crippen molar-refractivity contribution in [2.75, 3.05) is 26.3 Å². The molecule has 0 spiro atoms. The molecule has 11 heteroatoms. The van der Waals surface area contributed by atoms with Crippen LogP contribution in [-0.2, 0) is 9.84 Å². The third-order valence-corrected chi connectivity index (χ3v) is 6.66. The Balaban J connectivity index is 1.25. The van der Waals surface area contributed by atoms with Crippen molar-refractivity contribution in [1.82, 2.24) is 10.5 Å². The van der Waals surface area contributed by atoms with Gasteiger partial charge in [0.15, 0.2) is 0 Å². The molecule has 1 unspecified atom stereocenters. The molecule has 0 aliphatic heterocycles. The number of aromatic nitrogens is 2. The Kier molecular flexibility index (Phi) is 7.26. The van der Waals surface area contributed by atoms with E-state index < -0.39 is 26.8 Å². The molecule has 10 nitrogen and oxygen atoms in total. The number of ether oxygens (including phenoxy) is 2. The van der Waals surface area contributed by atoms with E-state index in [-0.39, 0.29) is 36.1 Å². The van der Waals surface area contributed by atoms with Crippen LogP contribution in [0.15, 0.2) is 87.3 Å². The number of benzene rings is 3. The molecule has 0 aliphatic carbocycles. The summed E-state index contributed by atoms with van der Waals surface area (Å²) in [6.45, 7) is 0.535. The standard InChI is InChI=1S/C23H23N3O7S/c27-18(16-32-21-12-6-8-17-7-4-5-11-20(17)21)15-24-13-14-31-22-23(26(28)33-25-22)34(29,30)19-9-2-1-3-10-19/h1-12,18,24,27H,13-16H2. The van der Waals surface area contributed by atoms with Gasteiger partial charge in [-0.1, -0.05) is 54.6 Å². The maximum Gasteiger partial charge on any atom is 0.415 e. The Morgan fingerprint density at radius 3 is 2.59 bits per heavy atom. The predicted molar refractivity (Wildman–Crippen MR) is 121 cm³/mol. The molecule has 3 aromatic carbocycles. The van der Waals surface area contributed by atoms with Gasteiger partial charge in [0.2, 0.25) is 0 Å². The van der Waals surface area contributed by atoms with Gasteiger partial charge in [-0.15, -0.1) is 0 Å². The first-order valence-electron chi connectivity index (χ1n) is 10.5. The quantitative estimate of drug-likeness (QED) is 0.240. The second-order valence-electron chi connectivity index (χ2n) is 7.35. The van der Waals surface area contributed by atoms with Crippen LogP contribution in [0, 0.1) is 5.21 Å². The van der Waals surface area contributed by atoms with Crippen LogP contribution in [0.25, 0.3) is 10.8 Å². The van der Waals surface area contributed by atoms with Crippen LogP contribution < -0.4 is 19.7 Å². The molecule has 0 radical (unpaired) electrons. The van der Waals surface area contributed by atoms with E-state index in [0.717, 1.165) is 10.8 Å². The molecule has 4 rings (SSSR count). The zero-order chi connectivity index (χ0) is 24.0. The predicted octanol–water partition coefficient (Wildman–Crippen LogP) is 1.70. The molecule has 178 valence electrons. The van der Waals surface area contributed by atoms with Crippen LogP contribution >= 0.6 is 0 Å². The van der Waals surface area contributed by atoms with Crippen molar-refractivity contribution in [3.05, 3.63) is 78.0 Å². The molecule has 1 heterocycles. The minimum Gasteiger partial charge on any atom is -0.490 e. The highest BCUT2D eigenvalue weighted by Gasteiger charge is 2.35. The fourth-order valence-electron chi connectivity index (χ4n) is 3.30. The number of nitrogens with zero attached hydrogens (tertiary/aromatic N) is 2. The average Bonchev–Trinajstić information content (AvgIpc) is 3.24. The van der Waals surface area contributed by atoms with Crippen molar-refractivity contribution >= 4 is 20.6 Å². The fourth-order valence-corrected chi connectivity index (χ4v) is 4.59. The van der Waals surface area contributed by atoms with Crippen molar-refractivity contribution in [2.24, 2.45) is 0 Å². The number of rotatable bonds is 11. The summed E-state index contributed by atoms with van der Waals surface area (Å²) < 4.78 is 41.0. The van der Waals surface area contributed by atoms with E-state index in [1.54, 1.807) is 6.07 Å². The van der Waals surface area contributed by atoms with Gasteiger partial charge >= 0.3 is 10.9 Å². The van der Waals surface area contributed by atoms with Crippen LogP contribution in [0.3, 0.4) is 0 Å². The highest BCUT2D eigenvalue weighted by atomic mass is 32.2. The number of hydrogen-bond donors (Lipinski definition) is 2. The molecule has 1 aromatic heterocycles. The average molecular weight is 486 g/mol. The van der Waals surface area contributed by atoms with Gasteiger partial charge in [-0.25, -0.2) is 8.42 Å². The van der Waals surface area contributed by atoms with Gasteiger partial charge in [0.05, 0.1) is 10.1 Å². The first-order valence-corrected chi connectivity index (χ1v) is 12.0. The van der Waals surface area contributed by atoms with Crippen molar-refractivity contribution in [2.45, 2.75) is 16.0 Å². The van der Waals surface area contributed by atoms with E-state index in [1.165, 1.54) is 24.3 Å². The largest absolute Gasteiger partial charge is 0.490 e. The van der Waals surface area contributed by atoms with Gasteiger partial charge in [-0.3, -0.25) is 4.63 Å². The fraction of sp³-hybridized carbons (Fsp3) is 0.217. The summed E-state index contributed by atoms with van der Waals surface area (Å²) in [4.78, 5) is -0.278. The van der Waals surface area contributed by atoms with Crippen LogP contribution in [0.1, 0.15) is 0 Å². The molecule has 4 aromatic rings. The summed E-state index contributed by atoms with van der Waals surface area (Å²) in [7, 11) is -4.17. The summed E-state index contributed by atoms with van der Waals surface area (Å²) in [5.74, 6) is 0.255. The Morgan fingerprint density at radius 1 is 1.03 bits per heavy atom. The summed E-state index contributed by atoms with van der Waals surface area (Å²) >= 11 is 0. The van der Waals surface area contributed by atoms with Crippen LogP contribution in [0.5, 0.6) is 11.6 Å². The number of nitrogens with one attached hydrogen (secondary N) is 1. The second-order valence-corrected chi connectivity index (χ2v) is 9.22. The lowest BCUT2D eigenvalue weighted by atomic mass is 10.1. The van der Waals surface area contributed by atoms with Crippen molar-refractivity contribution in [3.8, 4) is 11.6 Å². The smallest absolute Gasteiger partial charge is 0.415 e. The normalized spacial score (nSPS) is 12.5. The van der Waals surface area contributed by atoms with E-state index in [4.69, 9.17) is 9.47 Å². The SMILES string of the molecule is O=S(=O)(c1ccccc1)c1c(OCCNCC(O)COc2cccc3ccccc23)no[n+]1[O-]. The maximum atomic E-state index is 12.7. The van der Waals surface area contributed by atoms with Crippen molar-refractivity contribution in [1.29, 1.82) is 0 Å². The van der Waals surface area contributed by atoms with Gasteiger partial charge in [0, 0.05) is 18.5 Å². The van der Waals surface area contributed by atoms with E-state index in [2.05, 4.69) is 15.1 Å². The Labute approximate surface area is 195 Å². The first kappa shape index (κ1) is 23.5. The molecule has 0 bridgehead atoms. The number of aliphatic hydroxyl groups is 1. The first-order chi connectivity index (χ1) is 16.5. The van der Waals surface area contributed by atoms with Crippen LogP contribution in [0.4, 0.5) is 0 Å². The highest BCUT2D eigenvalue weighted by molar-refractivity contribution is 7.91. The van der Waals surface area contributed by atoms with Crippen LogP contribution in [-0.4, -0.2) is 51.1 Å². The lowest BCUT2D eigenvalue weighted by Gasteiger charge is -2.14. The summed E-state index contributed by atoms with van der Waals surface area (Å²) in [6.07, 6.45) is -0.788. The molecule has 0 saturated carbocycles. The van der Waals surface area contributed by atoms with Crippen molar-refractivity contribution in [3.63, 3.8) is 0 Å². The topological polar surface area (TPSA) is 138 Å². The molecule has 0 amide bonds. The van der Waals surface area contributed by atoms with Gasteiger partial charge in [0.25, 0.3) is 9.84 Å². The molecular formula is C23H23N3O7S. The number of hydrogen-bond acceptors (Lipinski definition) is 9. The number of fused-ring (bicyclic) bond motifs is 1. The molecule has 0 aliphatic rings. The molecule has 0 fully saturated rings. The molecular weight excluding hydrogens is 462 g/mol. The third-order valence-electron chi connectivity index (χ3n) is 4.93. The summed E-state index contributed by atoms with van der Waals surface area (Å²) in [5.41, 5.74) is 0. The lowest BCUT2D eigenvalue weighted by molar-refractivity contribution is -0.832. The zero-order valence-corrected chi connectivity index (χ0v) is 18.8. The Hall–Kier alpha value is -3.67. The monoisotopic (exact) mass is 485 g/mol.